The van der Waals surface area contributed by atoms with Crippen LogP contribution < -0.4 is 20.2 Å². The van der Waals surface area contributed by atoms with Gasteiger partial charge in [-0.2, -0.15) is 4.68 Å². The fourth-order valence-corrected chi connectivity index (χ4v) is 4.28. The number of hydrogen-bond acceptors (Lipinski definition) is 6. The highest BCUT2D eigenvalue weighted by Crippen LogP contribution is 2.26. The number of anilines is 2. The van der Waals surface area contributed by atoms with E-state index in [0.29, 0.717) is 52.5 Å². The molecule has 1 aliphatic heterocycles. The summed E-state index contributed by atoms with van der Waals surface area (Å²) in [6, 6.07) is 14.3. The Morgan fingerprint density at radius 1 is 1.06 bits per heavy atom. The quantitative estimate of drug-likeness (QED) is 0.475. The molecule has 2 aromatic carbocycles. The van der Waals surface area contributed by atoms with Crippen molar-refractivity contribution in [3.63, 3.8) is 0 Å². The molecule has 1 aliphatic rings. The summed E-state index contributed by atoms with van der Waals surface area (Å²) in [5.74, 6) is 0.888. The zero-order valence-electron chi connectivity index (χ0n) is 19.9. The van der Waals surface area contributed by atoms with Crippen molar-refractivity contribution >= 4 is 40.7 Å². The molecule has 10 heteroatoms. The van der Waals surface area contributed by atoms with Gasteiger partial charge in [0.1, 0.15) is 5.75 Å². The Balaban J connectivity index is 1.60. The van der Waals surface area contributed by atoms with E-state index in [1.165, 1.54) is 4.68 Å². The van der Waals surface area contributed by atoms with Gasteiger partial charge in [-0.3, -0.25) is 9.59 Å². The number of carbonyl (C=O) groups excluding carboxylic acids is 1. The molecule has 0 aliphatic carbocycles. The zero-order valence-corrected chi connectivity index (χ0v) is 21.4. The van der Waals surface area contributed by atoms with Crippen LogP contribution in [0, 0.1) is 0 Å². The van der Waals surface area contributed by atoms with Gasteiger partial charge in [-0.05, 0) is 55.5 Å². The summed E-state index contributed by atoms with van der Waals surface area (Å²) in [7, 11) is 3.58. The summed E-state index contributed by atoms with van der Waals surface area (Å²) in [5, 5.41) is 2.93. The van der Waals surface area contributed by atoms with Crippen LogP contribution in [0.1, 0.15) is 18.2 Å². The lowest BCUT2D eigenvalue weighted by Gasteiger charge is -2.33. The van der Waals surface area contributed by atoms with Crippen molar-refractivity contribution < 1.29 is 9.53 Å². The largest absolute Gasteiger partial charge is 0.484 e. The summed E-state index contributed by atoms with van der Waals surface area (Å²) in [5.41, 5.74) is 1.91. The zero-order chi connectivity index (χ0) is 25.1. The third kappa shape index (κ3) is 5.39. The SMILES string of the molecule is CCN(c1ccc(Cl)cc1)c1nc2c(c(=O)n1N(C)C)CN(C(=O)COc1ccc(Cl)cc1)CC2. The molecule has 8 nitrogen and oxygen atoms in total. The highest BCUT2D eigenvalue weighted by molar-refractivity contribution is 6.30. The molecule has 0 radical (unpaired) electrons. The van der Waals surface area contributed by atoms with Crippen molar-refractivity contribution in [1.82, 2.24) is 14.6 Å². The predicted molar refractivity (Wildman–Crippen MR) is 139 cm³/mol. The Morgan fingerprint density at radius 3 is 2.29 bits per heavy atom. The van der Waals surface area contributed by atoms with Gasteiger partial charge in [0.05, 0.1) is 17.8 Å². The van der Waals surface area contributed by atoms with Gasteiger partial charge in [0.15, 0.2) is 6.61 Å². The van der Waals surface area contributed by atoms with Gasteiger partial charge < -0.3 is 19.5 Å². The van der Waals surface area contributed by atoms with E-state index < -0.39 is 0 Å². The number of benzene rings is 2. The Labute approximate surface area is 214 Å². The molecule has 2 heterocycles. The first-order chi connectivity index (χ1) is 16.8. The minimum absolute atomic E-state index is 0.121. The van der Waals surface area contributed by atoms with Crippen molar-refractivity contribution in [1.29, 1.82) is 0 Å². The Bertz CT molecular complexity index is 1260. The van der Waals surface area contributed by atoms with E-state index in [1.54, 1.807) is 48.3 Å². The molecule has 1 aromatic heterocycles. The molecular formula is C25H27Cl2N5O3. The van der Waals surface area contributed by atoms with Crippen LogP contribution >= 0.6 is 23.2 Å². The standard InChI is InChI=1S/C25H27Cl2N5O3/c1-4-31(19-9-5-17(26)6-10-19)25-28-22-13-14-30(15-21(22)24(34)32(25)29(2)3)23(33)16-35-20-11-7-18(27)8-12-20/h5-12H,4,13-16H2,1-3H3. The van der Waals surface area contributed by atoms with E-state index in [0.717, 1.165) is 5.69 Å². The summed E-state index contributed by atoms with van der Waals surface area (Å²) in [6.07, 6.45) is 0.483. The number of ether oxygens (including phenoxy) is 1. The summed E-state index contributed by atoms with van der Waals surface area (Å²) in [6.45, 7) is 3.13. The number of nitrogens with zero attached hydrogens (tertiary/aromatic N) is 5. The van der Waals surface area contributed by atoms with E-state index >= 15 is 0 Å². The lowest BCUT2D eigenvalue weighted by atomic mass is 10.1. The van der Waals surface area contributed by atoms with E-state index in [9.17, 15) is 9.59 Å². The first kappa shape index (κ1) is 24.9. The monoisotopic (exact) mass is 515 g/mol. The smallest absolute Gasteiger partial charge is 0.279 e. The molecular weight excluding hydrogens is 489 g/mol. The van der Waals surface area contributed by atoms with Gasteiger partial charge in [0.25, 0.3) is 11.5 Å². The van der Waals surface area contributed by atoms with Crippen LogP contribution in [0.5, 0.6) is 5.75 Å². The lowest BCUT2D eigenvalue weighted by molar-refractivity contribution is -0.134. The molecule has 184 valence electrons. The average molecular weight is 516 g/mol. The molecule has 1 amide bonds. The average Bonchev–Trinajstić information content (AvgIpc) is 2.85. The predicted octanol–water partition coefficient (Wildman–Crippen LogP) is 3.87. The second-order valence-corrected chi connectivity index (χ2v) is 9.20. The molecule has 0 saturated carbocycles. The second-order valence-electron chi connectivity index (χ2n) is 8.33. The molecule has 0 N–H and O–H groups in total. The molecule has 3 aromatic rings. The minimum Gasteiger partial charge on any atom is -0.484 e. The van der Waals surface area contributed by atoms with Crippen molar-refractivity contribution in [2.75, 3.05) is 43.7 Å². The fraction of sp³-hybridized carbons (Fsp3) is 0.320. The third-order valence-electron chi connectivity index (χ3n) is 5.82. The maximum absolute atomic E-state index is 13.6. The molecule has 0 spiro atoms. The topological polar surface area (TPSA) is 70.9 Å². The molecule has 0 atom stereocenters. The van der Waals surface area contributed by atoms with E-state index in [4.69, 9.17) is 32.9 Å². The number of fused-ring (bicyclic) bond motifs is 1. The molecule has 0 saturated heterocycles. The molecule has 0 unspecified atom stereocenters. The van der Waals surface area contributed by atoms with Gasteiger partial charge in [-0.25, -0.2) is 4.98 Å². The second kappa shape index (κ2) is 10.6. The van der Waals surface area contributed by atoms with Crippen molar-refractivity contribution in [3.8, 4) is 5.75 Å². The molecule has 0 fully saturated rings. The van der Waals surface area contributed by atoms with Gasteiger partial charge in [-0.15, -0.1) is 0 Å². The van der Waals surface area contributed by atoms with Crippen LogP contribution in [0.15, 0.2) is 53.3 Å². The number of carbonyl (C=O) groups is 1. The van der Waals surface area contributed by atoms with Gasteiger partial charge in [0, 0.05) is 49.3 Å². The molecule has 35 heavy (non-hydrogen) atoms. The highest BCUT2D eigenvalue weighted by Gasteiger charge is 2.28. The van der Waals surface area contributed by atoms with Crippen LogP contribution in [-0.4, -0.2) is 54.3 Å². The van der Waals surface area contributed by atoms with Crippen LogP contribution in [0.25, 0.3) is 0 Å². The molecule has 0 bridgehead atoms. The summed E-state index contributed by atoms with van der Waals surface area (Å²) < 4.78 is 7.14. The number of hydrogen-bond donors (Lipinski definition) is 0. The summed E-state index contributed by atoms with van der Waals surface area (Å²) in [4.78, 5) is 34.9. The highest BCUT2D eigenvalue weighted by atomic mass is 35.5. The number of amides is 1. The van der Waals surface area contributed by atoms with Crippen molar-refractivity contribution in [2.24, 2.45) is 0 Å². The van der Waals surface area contributed by atoms with Gasteiger partial charge >= 0.3 is 0 Å². The summed E-state index contributed by atoms with van der Waals surface area (Å²) >= 11 is 12.0. The Morgan fingerprint density at radius 2 is 1.69 bits per heavy atom. The lowest BCUT2D eigenvalue weighted by Crippen LogP contribution is -2.47. The van der Waals surface area contributed by atoms with E-state index in [-0.39, 0.29) is 24.6 Å². The number of aromatic nitrogens is 2. The Kier molecular flexibility index (Phi) is 7.52. The first-order valence-corrected chi connectivity index (χ1v) is 12.1. The number of halogens is 2. The van der Waals surface area contributed by atoms with Crippen LogP contribution in [-0.2, 0) is 17.8 Å². The van der Waals surface area contributed by atoms with Crippen LogP contribution in [0.3, 0.4) is 0 Å². The van der Waals surface area contributed by atoms with Gasteiger partial charge in [-0.1, -0.05) is 23.2 Å². The van der Waals surface area contributed by atoms with E-state index in [1.807, 2.05) is 36.1 Å². The van der Waals surface area contributed by atoms with Gasteiger partial charge in [0.2, 0.25) is 5.95 Å². The maximum atomic E-state index is 13.6. The maximum Gasteiger partial charge on any atom is 0.279 e. The third-order valence-corrected chi connectivity index (χ3v) is 6.32. The van der Waals surface area contributed by atoms with Crippen LogP contribution in [0.4, 0.5) is 11.6 Å². The van der Waals surface area contributed by atoms with Crippen molar-refractivity contribution in [3.05, 3.63) is 80.2 Å². The van der Waals surface area contributed by atoms with Crippen LogP contribution in [0.2, 0.25) is 10.0 Å². The fourth-order valence-electron chi connectivity index (χ4n) is 4.03. The molecule has 4 rings (SSSR count). The number of rotatable bonds is 7. The van der Waals surface area contributed by atoms with E-state index in [2.05, 4.69) is 0 Å². The van der Waals surface area contributed by atoms with Crippen molar-refractivity contribution in [2.45, 2.75) is 19.9 Å². The minimum atomic E-state index is -0.196. The Hall–Kier alpha value is -3.23. The normalized spacial score (nSPS) is 12.8. The first-order valence-electron chi connectivity index (χ1n) is 11.3.